The number of aliphatic carboxylic acids is 1. The summed E-state index contributed by atoms with van der Waals surface area (Å²) in [5, 5.41) is 8.98. The third-order valence-corrected chi connectivity index (χ3v) is 2.32. The second kappa shape index (κ2) is 3.90. The number of pyridine rings is 1. The van der Waals surface area contributed by atoms with E-state index in [1.165, 1.54) is 0 Å². The number of halogens is 1. The van der Waals surface area contributed by atoms with E-state index in [1.807, 2.05) is 12.1 Å². The molecule has 0 spiro atoms. The summed E-state index contributed by atoms with van der Waals surface area (Å²) >= 11 is 5.74. The van der Waals surface area contributed by atoms with Crippen LogP contribution in [0, 0.1) is 0 Å². The highest BCUT2D eigenvalue weighted by atomic mass is 35.5. The number of carbonyl (C=O) groups is 1. The van der Waals surface area contributed by atoms with Crippen molar-refractivity contribution in [1.82, 2.24) is 9.97 Å². The molecular weight excluding hydrogens is 216 g/mol. The van der Waals surface area contributed by atoms with Crippen LogP contribution in [0.5, 0.6) is 0 Å². The molecule has 15 heavy (non-hydrogen) atoms. The molecule has 0 aromatic carbocycles. The van der Waals surface area contributed by atoms with Crippen molar-refractivity contribution in [2.24, 2.45) is 0 Å². The normalized spacial score (nSPS) is 10.7. The number of carboxylic acid groups (broad SMARTS) is 1. The number of rotatable bonds is 3. The Morgan fingerprint density at radius 1 is 1.53 bits per heavy atom. The lowest BCUT2D eigenvalue weighted by atomic mass is 10.2. The summed E-state index contributed by atoms with van der Waals surface area (Å²) in [5.41, 5.74) is 2.50. The van der Waals surface area contributed by atoms with E-state index >= 15 is 0 Å². The summed E-state index contributed by atoms with van der Waals surface area (Å²) in [4.78, 5) is 17.6. The first kappa shape index (κ1) is 9.98. The van der Waals surface area contributed by atoms with Crippen LogP contribution < -0.4 is 0 Å². The average molecular weight is 225 g/mol. The van der Waals surface area contributed by atoms with E-state index in [-0.39, 0.29) is 6.42 Å². The van der Waals surface area contributed by atoms with Gasteiger partial charge < -0.3 is 10.1 Å². The largest absolute Gasteiger partial charge is 0.481 e. The summed E-state index contributed by atoms with van der Waals surface area (Å²) in [6.07, 6.45) is 0.587. The molecule has 0 aliphatic heterocycles. The highest BCUT2D eigenvalue weighted by Crippen LogP contribution is 2.16. The minimum absolute atomic E-state index is 0.112. The Morgan fingerprint density at radius 2 is 2.33 bits per heavy atom. The molecule has 2 N–H and O–H groups in total. The number of nitrogens with zero attached hydrogens (tertiary/aromatic N) is 1. The number of aromatic nitrogens is 2. The first-order chi connectivity index (χ1) is 7.15. The molecule has 0 unspecified atom stereocenters. The number of nitrogens with one attached hydrogen (secondary N) is 1. The van der Waals surface area contributed by atoms with E-state index in [9.17, 15) is 4.79 Å². The van der Waals surface area contributed by atoms with Crippen molar-refractivity contribution < 1.29 is 9.90 Å². The molecule has 0 aliphatic carbocycles. The van der Waals surface area contributed by atoms with Gasteiger partial charge in [-0.05, 0) is 24.6 Å². The number of hydrogen-bond acceptors (Lipinski definition) is 2. The molecule has 0 atom stereocenters. The maximum absolute atomic E-state index is 10.4. The highest BCUT2D eigenvalue weighted by molar-refractivity contribution is 6.29. The fourth-order valence-electron chi connectivity index (χ4n) is 1.42. The topological polar surface area (TPSA) is 66.0 Å². The predicted molar refractivity (Wildman–Crippen MR) is 57.1 cm³/mol. The van der Waals surface area contributed by atoms with Gasteiger partial charge in [0.1, 0.15) is 5.15 Å². The van der Waals surface area contributed by atoms with Crippen LogP contribution in [-0.2, 0) is 11.2 Å². The van der Waals surface area contributed by atoms with Gasteiger partial charge in [0.2, 0.25) is 0 Å². The third-order valence-electron chi connectivity index (χ3n) is 2.11. The summed E-state index contributed by atoms with van der Waals surface area (Å²) in [7, 11) is 0. The molecule has 4 nitrogen and oxygen atoms in total. The second-order valence-corrected chi connectivity index (χ2v) is 3.64. The van der Waals surface area contributed by atoms with Gasteiger partial charge in [-0.15, -0.1) is 0 Å². The number of aromatic amines is 1. The fourth-order valence-corrected chi connectivity index (χ4v) is 1.57. The summed E-state index contributed by atoms with van der Waals surface area (Å²) < 4.78 is 0. The van der Waals surface area contributed by atoms with Crippen molar-refractivity contribution in [3.05, 3.63) is 29.0 Å². The van der Waals surface area contributed by atoms with Crippen molar-refractivity contribution in [3.63, 3.8) is 0 Å². The standard InChI is InChI=1S/C10H9ClN2O2/c11-9-3-2-7-8(13-9)5-6(12-7)1-4-10(14)15/h2-3,5,12H,1,4H2,(H,14,15). The predicted octanol–water partition coefficient (Wildman–Crippen LogP) is 2.23. The van der Waals surface area contributed by atoms with Gasteiger partial charge in [0.05, 0.1) is 17.5 Å². The van der Waals surface area contributed by atoms with Crippen molar-refractivity contribution in [1.29, 1.82) is 0 Å². The molecule has 78 valence electrons. The average Bonchev–Trinajstić information content (AvgIpc) is 2.56. The van der Waals surface area contributed by atoms with Crippen molar-refractivity contribution in [2.75, 3.05) is 0 Å². The summed E-state index contributed by atoms with van der Waals surface area (Å²) in [5.74, 6) is -0.806. The number of carboxylic acids is 1. The maximum atomic E-state index is 10.4. The van der Waals surface area contributed by atoms with Crippen LogP contribution >= 0.6 is 11.6 Å². The third kappa shape index (κ3) is 2.27. The Kier molecular flexibility index (Phi) is 2.60. The Bertz CT molecular complexity index is 507. The Balaban J connectivity index is 2.27. The summed E-state index contributed by atoms with van der Waals surface area (Å²) in [6, 6.07) is 5.35. The van der Waals surface area contributed by atoms with E-state index in [0.29, 0.717) is 11.6 Å². The van der Waals surface area contributed by atoms with Gasteiger partial charge in [0, 0.05) is 5.69 Å². The Morgan fingerprint density at radius 3 is 3.07 bits per heavy atom. The molecule has 0 fully saturated rings. The molecule has 0 saturated carbocycles. The SMILES string of the molecule is O=C(O)CCc1cc2nc(Cl)ccc2[nH]1. The molecule has 5 heteroatoms. The van der Waals surface area contributed by atoms with E-state index < -0.39 is 5.97 Å². The maximum Gasteiger partial charge on any atom is 0.303 e. The van der Waals surface area contributed by atoms with Gasteiger partial charge in [-0.25, -0.2) is 4.98 Å². The van der Waals surface area contributed by atoms with Crippen LogP contribution in [0.1, 0.15) is 12.1 Å². The van der Waals surface area contributed by atoms with Crippen molar-refractivity contribution in [3.8, 4) is 0 Å². The molecule has 0 amide bonds. The highest BCUT2D eigenvalue weighted by Gasteiger charge is 2.04. The molecule has 0 aliphatic rings. The Hall–Kier alpha value is -1.55. The quantitative estimate of drug-likeness (QED) is 0.786. The molecule has 2 aromatic heterocycles. The van der Waals surface area contributed by atoms with Gasteiger partial charge in [-0.3, -0.25) is 4.79 Å². The van der Waals surface area contributed by atoms with E-state index in [2.05, 4.69) is 9.97 Å². The molecule has 2 rings (SSSR count). The number of H-pyrrole nitrogens is 1. The van der Waals surface area contributed by atoms with Crippen LogP contribution in [0.2, 0.25) is 5.15 Å². The molecule has 2 aromatic rings. The minimum Gasteiger partial charge on any atom is -0.481 e. The first-order valence-corrected chi connectivity index (χ1v) is 4.89. The molecule has 0 bridgehead atoms. The zero-order valence-corrected chi connectivity index (χ0v) is 8.58. The van der Waals surface area contributed by atoms with Crippen LogP contribution in [0.3, 0.4) is 0 Å². The zero-order valence-electron chi connectivity index (χ0n) is 7.83. The monoisotopic (exact) mass is 224 g/mol. The lowest BCUT2D eigenvalue weighted by Gasteiger charge is -1.91. The lowest BCUT2D eigenvalue weighted by molar-refractivity contribution is -0.136. The lowest BCUT2D eigenvalue weighted by Crippen LogP contribution is -1.97. The van der Waals surface area contributed by atoms with Crippen molar-refractivity contribution >= 4 is 28.6 Å². The zero-order chi connectivity index (χ0) is 10.8. The Labute approximate surface area is 90.9 Å². The van der Waals surface area contributed by atoms with Crippen molar-refractivity contribution in [2.45, 2.75) is 12.8 Å². The number of aryl methyl sites for hydroxylation is 1. The second-order valence-electron chi connectivity index (χ2n) is 3.26. The summed E-state index contributed by atoms with van der Waals surface area (Å²) in [6.45, 7) is 0. The van der Waals surface area contributed by atoms with Crippen LogP contribution in [-0.4, -0.2) is 21.0 Å². The molecule has 0 radical (unpaired) electrons. The fraction of sp³-hybridized carbons (Fsp3) is 0.200. The van der Waals surface area contributed by atoms with Crippen LogP contribution in [0.25, 0.3) is 11.0 Å². The van der Waals surface area contributed by atoms with Crippen LogP contribution in [0.4, 0.5) is 0 Å². The van der Waals surface area contributed by atoms with Gasteiger partial charge in [0.15, 0.2) is 0 Å². The van der Waals surface area contributed by atoms with Gasteiger partial charge >= 0.3 is 5.97 Å². The number of hydrogen-bond donors (Lipinski definition) is 2. The van der Waals surface area contributed by atoms with Crippen LogP contribution in [0.15, 0.2) is 18.2 Å². The van der Waals surface area contributed by atoms with E-state index in [0.717, 1.165) is 16.7 Å². The van der Waals surface area contributed by atoms with Gasteiger partial charge in [-0.2, -0.15) is 0 Å². The first-order valence-electron chi connectivity index (χ1n) is 4.51. The molecular formula is C10H9ClN2O2. The van der Waals surface area contributed by atoms with E-state index in [4.69, 9.17) is 16.7 Å². The number of fused-ring (bicyclic) bond motifs is 1. The molecule has 0 saturated heterocycles. The van der Waals surface area contributed by atoms with Gasteiger partial charge in [-0.1, -0.05) is 11.6 Å². The molecule has 2 heterocycles. The minimum atomic E-state index is -0.806. The smallest absolute Gasteiger partial charge is 0.303 e. The van der Waals surface area contributed by atoms with Gasteiger partial charge in [0.25, 0.3) is 0 Å². The van der Waals surface area contributed by atoms with E-state index in [1.54, 1.807) is 6.07 Å².